The number of hydrogen-bond acceptors (Lipinski definition) is 12. The van der Waals surface area contributed by atoms with Crippen molar-refractivity contribution in [3.8, 4) is 23.6 Å². The van der Waals surface area contributed by atoms with Gasteiger partial charge in [-0.25, -0.2) is 5.01 Å². The van der Waals surface area contributed by atoms with Gasteiger partial charge in [0.1, 0.15) is 17.7 Å². The second-order valence-electron chi connectivity index (χ2n) is 8.92. The number of carbonyl (C=O) groups excluding carboxylic acids is 1. The lowest BCUT2D eigenvalue weighted by Crippen LogP contribution is -2.36. The van der Waals surface area contributed by atoms with Crippen molar-refractivity contribution in [2.75, 3.05) is 7.05 Å². The molecule has 2 aliphatic rings. The number of allylic oxidation sites excluding steroid dienone is 4. The number of Topliss-reactive ketones (excluding diaryl/α,β-unsaturated/α-hetero) is 1. The average molecular weight is 565 g/mol. The van der Waals surface area contributed by atoms with Crippen LogP contribution in [-0.4, -0.2) is 38.7 Å². The number of nitrogens with zero attached hydrogens (tertiary/aromatic N) is 8. The van der Waals surface area contributed by atoms with Crippen molar-refractivity contribution in [2.45, 2.75) is 0 Å². The van der Waals surface area contributed by atoms with Crippen molar-refractivity contribution in [3.05, 3.63) is 109 Å². The Hall–Kier alpha value is -6.48. The number of aromatic nitrogens is 2. The SMILES string of the molecule is CN1N=C(c2ccc([N+](=O)[O-])cc2)O/C1=C\C1C(=O)/C(=C\c2oc(-c3ccc([N+](=O)[O-])cc3)n[n+]2C)C1=C(C#N)C#N. The van der Waals surface area contributed by atoms with Gasteiger partial charge < -0.3 is 9.15 Å². The molecule has 0 amide bonds. The molecule has 42 heavy (non-hydrogen) atoms. The van der Waals surface area contributed by atoms with E-state index in [-0.39, 0.29) is 51.7 Å². The third kappa shape index (κ3) is 4.85. The number of aryl methyl sites for hydroxylation is 1. The van der Waals surface area contributed by atoms with Crippen molar-refractivity contribution in [1.29, 1.82) is 10.5 Å². The minimum absolute atomic E-state index is 0.0640. The van der Waals surface area contributed by atoms with Crippen molar-refractivity contribution < 1.29 is 28.5 Å². The first-order valence-electron chi connectivity index (χ1n) is 12.0. The molecule has 0 saturated heterocycles. The van der Waals surface area contributed by atoms with Gasteiger partial charge in [0, 0.05) is 58.7 Å². The maximum atomic E-state index is 13.3. The van der Waals surface area contributed by atoms with Gasteiger partial charge in [-0.15, -0.1) is 5.10 Å². The summed E-state index contributed by atoms with van der Waals surface area (Å²) >= 11 is 0. The molecule has 1 aromatic heterocycles. The highest BCUT2D eigenvalue weighted by Crippen LogP contribution is 2.41. The molecule has 1 saturated carbocycles. The van der Waals surface area contributed by atoms with Gasteiger partial charge >= 0.3 is 5.89 Å². The largest absolute Gasteiger partial charge is 0.419 e. The molecular formula is C27H17N8O7+. The van der Waals surface area contributed by atoms with E-state index in [1.54, 1.807) is 14.1 Å². The Labute approximate surface area is 236 Å². The summed E-state index contributed by atoms with van der Waals surface area (Å²) in [5.41, 5.74) is 0.659. The Morgan fingerprint density at radius 3 is 2.14 bits per heavy atom. The summed E-state index contributed by atoms with van der Waals surface area (Å²) in [4.78, 5) is 34.1. The Kier molecular flexibility index (Phi) is 6.83. The summed E-state index contributed by atoms with van der Waals surface area (Å²) in [6.07, 6.45) is 2.79. The standard InChI is InChI=1S/C27H17N8O7/c1-32-22(41-26(30-32)15-3-7-18(8-4-15)34(37)38)11-20-24(17(13-28)14-29)21(25(20)36)12-23-33(2)31-27(42-23)16-5-9-19(10-6-16)35(39)40/h3-12,20H,1-2H3/q+1/b21-12-,22-11-. The fourth-order valence-electron chi connectivity index (χ4n) is 4.22. The summed E-state index contributed by atoms with van der Waals surface area (Å²) in [6.45, 7) is 0. The number of ether oxygens (including phenoxy) is 1. The molecule has 15 nitrogen and oxygen atoms in total. The second-order valence-corrected chi connectivity index (χ2v) is 8.92. The van der Waals surface area contributed by atoms with Crippen molar-refractivity contribution >= 4 is 29.1 Å². The van der Waals surface area contributed by atoms with Gasteiger partial charge in [0.2, 0.25) is 11.8 Å². The van der Waals surface area contributed by atoms with E-state index in [9.17, 15) is 35.5 Å². The molecule has 0 spiro atoms. The molecule has 0 bridgehead atoms. The van der Waals surface area contributed by atoms with E-state index < -0.39 is 21.5 Å². The predicted octanol–water partition coefficient (Wildman–Crippen LogP) is 3.07. The van der Waals surface area contributed by atoms with E-state index in [2.05, 4.69) is 10.2 Å². The maximum Gasteiger partial charge on any atom is 0.401 e. The number of benzene rings is 2. The predicted molar refractivity (Wildman–Crippen MR) is 141 cm³/mol. The van der Waals surface area contributed by atoms with Crippen LogP contribution in [0.5, 0.6) is 0 Å². The van der Waals surface area contributed by atoms with Crippen LogP contribution in [0.1, 0.15) is 11.5 Å². The Morgan fingerprint density at radius 2 is 1.60 bits per heavy atom. The van der Waals surface area contributed by atoms with Gasteiger partial charge in [-0.2, -0.15) is 10.5 Å². The van der Waals surface area contributed by atoms with Crippen LogP contribution in [0.15, 0.2) is 86.7 Å². The zero-order valence-electron chi connectivity index (χ0n) is 21.8. The van der Waals surface area contributed by atoms with Gasteiger partial charge in [-0.05, 0) is 35.0 Å². The Morgan fingerprint density at radius 1 is 1.02 bits per heavy atom. The van der Waals surface area contributed by atoms with Crippen LogP contribution in [0.25, 0.3) is 17.5 Å². The summed E-state index contributed by atoms with van der Waals surface area (Å²) in [5, 5.41) is 50.9. The second kappa shape index (κ2) is 10.6. The smallest absolute Gasteiger partial charge is 0.401 e. The Bertz CT molecular complexity index is 1850. The van der Waals surface area contributed by atoms with Crippen molar-refractivity contribution in [1.82, 2.24) is 10.1 Å². The zero-order chi connectivity index (χ0) is 30.1. The fourth-order valence-corrected chi connectivity index (χ4v) is 4.22. The van der Waals surface area contributed by atoms with Crippen LogP contribution in [-0.2, 0) is 16.6 Å². The van der Waals surface area contributed by atoms with Gasteiger partial charge in [0.05, 0.1) is 21.8 Å². The van der Waals surface area contributed by atoms with E-state index in [0.29, 0.717) is 11.1 Å². The van der Waals surface area contributed by atoms with Gasteiger partial charge in [0.25, 0.3) is 17.3 Å². The minimum atomic E-state index is -1.00. The van der Waals surface area contributed by atoms with Crippen LogP contribution in [0.3, 0.4) is 0 Å². The first kappa shape index (κ1) is 27.1. The number of nitriles is 2. The molecular weight excluding hydrogens is 548 g/mol. The molecule has 206 valence electrons. The van der Waals surface area contributed by atoms with E-state index in [1.807, 2.05) is 12.1 Å². The molecule has 0 N–H and O–H groups in total. The molecule has 5 rings (SSSR count). The summed E-state index contributed by atoms with van der Waals surface area (Å²) in [6, 6.07) is 14.7. The Balaban J connectivity index is 1.43. The summed E-state index contributed by atoms with van der Waals surface area (Å²) in [7, 11) is 3.13. The normalized spacial score (nSPS) is 17.8. The van der Waals surface area contributed by atoms with E-state index in [4.69, 9.17) is 9.15 Å². The first-order valence-corrected chi connectivity index (χ1v) is 12.0. The van der Waals surface area contributed by atoms with Gasteiger partial charge in [-0.3, -0.25) is 25.0 Å². The highest BCUT2D eigenvalue weighted by Gasteiger charge is 2.43. The van der Waals surface area contributed by atoms with Crippen molar-refractivity contribution in [3.63, 3.8) is 0 Å². The molecule has 1 aliphatic heterocycles. The number of carbonyl (C=O) groups is 1. The first-order chi connectivity index (χ1) is 20.1. The number of nitro benzene ring substituents is 2. The molecule has 3 aromatic rings. The number of nitro groups is 2. The molecule has 15 heteroatoms. The van der Waals surface area contributed by atoms with E-state index in [1.165, 1.54) is 70.4 Å². The minimum Gasteiger partial charge on any atom is -0.419 e. The lowest BCUT2D eigenvalue weighted by Gasteiger charge is -2.29. The van der Waals surface area contributed by atoms with Gasteiger partial charge in [-0.1, -0.05) is 0 Å². The fraction of sp³-hybridized carbons (Fsp3) is 0.111. The van der Waals surface area contributed by atoms with Crippen LogP contribution < -0.4 is 4.68 Å². The highest BCUT2D eigenvalue weighted by molar-refractivity contribution is 6.17. The van der Waals surface area contributed by atoms with E-state index >= 15 is 0 Å². The molecule has 0 radical (unpaired) electrons. The molecule has 2 aromatic carbocycles. The van der Waals surface area contributed by atoms with E-state index in [0.717, 1.165) is 0 Å². The number of hydrogen-bond donors (Lipinski definition) is 0. The topological polar surface area (TPSA) is 206 Å². The molecule has 1 aliphatic carbocycles. The summed E-state index contributed by atoms with van der Waals surface area (Å²) in [5.74, 6) is -0.873. The molecule has 1 unspecified atom stereocenters. The molecule has 1 atom stereocenters. The zero-order valence-corrected chi connectivity index (χ0v) is 21.8. The average Bonchev–Trinajstić information content (AvgIpc) is 3.55. The van der Waals surface area contributed by atoms with Crippen LogP contribution >= 0.6 is 0 Å². The number of non-ortho nitro benzene ring substituents is 2. The number of rotatable bonds is 6. The monoisotopic (exact) mass is 565 g/mol. The van der Waals surface area contributed by atoms with Crippen molar-refractivity contribution in [2.24, 2.45) is 18.1 Å². The third-order valence-corrected chi connectivity index (χ3v) is 6.39. The number of ketones is 1. The third-order valence-electron chi connectivity index (χ3n) is 6.39. The van der Waals surface area contributed by atoms with Crippen LogP contribution in [0.4, 0.5) is 11.4 Å². The maximum absolute atomic E-state index is 13.3. The number of hydrazone groups is 1. The lowest BCUT2D eigenvalue weighted by atomic mass is 9.70. The van der Waals surface area contributed by atoms with Crippen LogP contribution in [0.2, 0.25) is 0 Å². The highest BCUT2D eigenvalue weighted by atomic mass is 16.6. The molecule has 1 fully saturated rings. The van der Waals surface area contributed by atoms with Gasteiger partial charge in [0.15, 0.2) is 12.8 Å². The van der Waals surface area contributed by atoms with Crippen LogP contribution in [0, 0.1) is 48.8 Å². The quantitative estimate of drug-likeness (QED) is 0.139. The summed E-state index contributed by atoms with van der Waals surface area (Å²) < 4.78 is 12.9. The molecule has 2 heterocycles. The lowest BCUT2D eigenvalue weighted by molar-refractivity contribution is -0.732.